The lowest BCUT2D eigenvalue weighted by atomic mass is 10.0. The molecule has 2 aromatic rings. The van der Waals surface area contributed by atoms with Crippen LogP contribution in [0.1, 0.15) is 25.2 Å². The van der Waals surface area contributed by atoms with E-state index >= 15 is 0 Å². The Morgan fingerprint density at radius 1 is 1.11 bits per heavy atom. The van der Waals surface area contributed by atoms with Gasteiger partial charge in [0.05, 0.1) is 18.6 Å². The lowest BCUT2D eigenvalue weighted by Crippen LogP contribution is -2.55. The predicted octanol–water partition coefficient (Wildman–Crippen LogP) is 2.77. The molecule has 7 nitrogen and oxygen atoms in total. The Bertz CT molecular complexity index is 838. The monoisotopic (exact) mass is 403 g/mol. The fourth-order valence-electron chi connectivity index (χ4n) is 3.97. The molecular formula is C20H29N5O2S. The van der Waals surface area contributed by atoms with Gasteiger partial charge in [0.25, 0.3) is 0 Å². The van der Waals surface area contributed by atoms with E-state index in [9.17, 15) is 4.79 Å². The second-order valence-electron chi connectivity index (χ2n) is 7.99. The molecule has 0 bridgehead atoms. The number of ether oxygens (including phenoxy) is 1. The van der Waals surface area contributed by atoms with Crippen molar-refractivity contribution < 1.29 is 9.53 Å². The Morgan fingerprint density at radius 3 is 2.46 bits per heavy atom. The molecule has 2 amide bonds. The van der Waals surface area contributed by atoms with Crippen molar-refractivity contribution in [1.82, 2.24) is 19.8 Å². The summed E-state index contributed by atoms with van der Waals surface area (Å²) in [4.78, 5) is 29.5. The maximum absolute atomic E-state index is 12.8. The molecule has 28 heavy (non-hydrogen) atoms. The van der Waals surface area contributed by atoms with Gasteiger partial charge in [-0.25, -0.2) is 14.8 Å². The van der Waals surface area contributed by atoms with Crippen molar-refractivity contribution >= 4 is 33.4 Å². The average molecular weight is 404 g/mol. The van der Waals surface area contributed by atoms with Gasteiger partial charge in [-0.05, 0) is 30.2 Å². The summed E-state index contributed by atoms with van der Waals surface area (Å²) in [5, 5.41) is 3.44. The molecule has 0 saturated carbocycles. The minimum absolute atomic E-state index is 0.142. The van der Waals surface area contributed by atoms with E-state index in [0.29, 0.717) is 32.2 Å². The number of piperazine rings is 1. The topological polar surface area (TPSA) is 61.8 Å². The first-order valence-electron chi connectivity index (χ1n) is 10.1. The van der Waals surface area contributed by atoms with Crippen molar-refractivity contribution in [1.29, 1.82) is 0 Å². The fourth-order valence-corrected chi connectivity index (χ4v) is 4.96. The maximum atomic E-state index is 12.8. The van der Waals surface area contributed by atoms with Crippen LogP contribution in [0.2, 0.25) is 0 Å². The molecule has 8 heteroatoms. The minimum atomic E-state index is 0.142. The molecule has 0 N–H and O–H groups in total. The van der Waals surface area contributed by atoms with E-state index in [4.69, 9.17) is 9.72 Å². The number of aryl methyl sites for hydroxylation is 1. The van der Waals surface area contributed by atoms with Crippen LogP contribution in [0.3, 0.4) is 0 Å². The number of rotatable bonds is 3. The molecule has 0 radical (unpaired) electrons. The number of carbonyl (C=O) groups excluding carboxylic acids is 1. The number of hydrogen-bond acceptors (Lipinski definition) is 6. The number of urea groups is 1. The van der Waals surface area contributed by atoms with Crippen molar-refractivity contribution in [2.75, 3.05) is 57.4 Å². The third kappa shape index (κ3) is 3.93. The number of anilines is 1. The largest absolute Gasteiger partial charge is 0.378 e. The van der Waals surface area contributed by atoms with Crippen molar-refractivity contribution in [3.8, 4) is 0 Å². The van der Waals surface area contributed by atoms with E-state index in [1.54, 1.807) is 11.3 Å². The molecule has 2 aliphatic heterocycles. The number of carbonyl (C=O) groups is 1. The smallest absolute Gasteiger partial charge is 0.320 e. The quantitative estimate of drug-likeness (QED) is 0.789. The van der Waals surface area contributed by atoms with Crippen molar-refractivity contribution in [2.24, 2.45) is 5.92 Å². The van der Waals surface area contributed by atoms with Gasteiger partial charge < -0.3 is 19.4 Å². The SMILES string of the molecule is Cc1nc(N2CCN(C(=O)N3CCOCC3)CC2)c2c(CC(C)C)csc2n1. The van der Waals surface area contributed by atoms with Crippen molar-refractivity contribution in [2.45, 2.75) is 27.2 Å². The maximum Gasteiger partial charge on any atom is 0.320 e. The van der Waals surface area contributed by atoms with E-state index in [2.05, 4.69) is 29.1 Å². The summed E-state index contributed by atoms with van der Waals surface area (Å²) < 4.78 is 5.36. The lowest BCUT2D eigenvalue weighted by molar-refractivity contribution is 0.0428. The van der Waals surface area contributed by atoms with Crippen LogP contribution < -0.4 is 4.90 Å². The summed E-state index contributed by atoms with van der Waals surface area (Å²) >= 11 is 1.71. The Hall–Kier alpha value is -1.93. The molecule has 4 heterocycles. The van der Waals surface area contributed by atoms with Gasteiger partial charge in [-0.2, -0.15) is 0 Å². The molecule has 2 saturated heterocycles. The normalized spacial score (nSPS) is 18.4. The van der Waals surface area contributed by atoms with E-state index in [1.165, 1.54) is 10.9 Å². The Kier molecular flexibility index (Phi) is 5.68. The number of fused-ring (bicyclic) bond motifs is 1. The molecular weight excluding hydrogens is 374 g/mol. The summed E-state index contributed by atoms with van der Waals surface area (Å²) in [5.74, 6) is 2.44. The fraction of sp³-hybridized carbons (Fsp3) is 0.650. The van der Waals surface area contributed by atoms with Crippen LogP contribution in [0.25, 0.3) is 10.2 Å². The van der Waals surface area contributed by atoms with Crippen LogP contribution in [0.4, 0.5) is 10.6 Å². The van der Waals surface area contributed by atoms with Crippen LogP contribution in [0, 0.1) is 12.8 Å². The predicted molar refractivity (Wildman–Crippen MR) is 112 cm³/mol. The zero-order chi connectivity index (χ0) is 19.7. The van der Waals surface area contributed by atoms with E-state index in [0.717, 1.165) is 49.1 Å². The third-order valence-corrected chi connectivity index (χ3v) is 6.28. The van der Waals surface area contributed by atoms with E-state index in [-0.39, 0.29) is 6.03 Å². The number of thiophene rings is 1. The summed E-state index contributed by atoms with van der Waals surface area (Å²) in [6.45, 7) is 12.2. The second-order valence-corrected chi connectivity index (χ2v) is 8.85. The number of morpholine rings is 1. The third-order valence-electron chi connectivity index (χ3n) is 5.36. The molecule has 152 valence electrons. The first-order valence-corrected chi connectivity index (χ1v) is 11.0. The lowest BCUT2D eigenvalue weighted by Gasteiger charge is -2.39. The molecule has 0 atom stereocenters. The average Bonchev–Trinajstić information content (AvgIpc) is 3.09. The van der Waals surface area contributed by atoms with Gasteiger partial charge in [-0.15, -0.1) is 11.3 Å². The molecule has 0 aromatic carbocycles. The van der Waals surface area contributed by atoms with Crippen LogP contribution in [0.15, 0.2) is 5.38 Å². The highest BCUT2D eigenvalue weighted by atomic mass is 32.1. The van der Waals surface area contributed by atoms with Gasteiger partial charge in [-0.3, -0.25) is 0 Å². The number of hydrogen-bond donors (Lipinski definition) is 0. The molecule has 0 aliphatic carbocycles. The molecule has 2 fully saturated rings. The summed E-state index contributed by atoms with van der Waals surface area (Å²) in [7, 11) is 0. The second kappa shape index (κ2) is 8.21. The van der Waals surface area contributed by atoms with Gasteiger partial charge in [0.15, 0.2) is 0 Å². The van der Waals surface area contributed by atoms with Crippen molar-refractivity contribution in [3.05, 3.63) is 16.8 Å². The highest BCUT2D eigenvalue weighted by molar-refractivity contribution is 7.17. The molecule has 2 aliphatic rings. The Morgan fingerprint density at radius 2 is 1.79 bits per heavy atom. The Labute approximate surface area is 170 Å². The van der Waals surface area contributed by atoms with Gasteiger partial charge in [0.1, 0.15) is 16.5 Å². The van der Waals surface area contributed by atoms with Crippen LogP contribution in [0.5, 0.6) is 0 Å². The number of aromatic nitrogens is 2. The first-order chi connectivity index (χ1) is 13.5. The van der Waals surface area contributed by atoms with Crippen molar-refractivity contribution in [3.63, 3.8) is 0 Å². The van der Waals surface area contributed by atoms with E-state index in [1.807, 2.05) is 16.7 Å². The van der Waals surface area contributed by atoms with Crippen LogP contribution in [-0.2, 0) is 11.2 Å². The van der Waals surface area contributed by atoms with Gasteiger partial charge in [-0.1, -0.05) is 13.8 Å². The number of nitrogens with zero attached hydrogens (tertiary/aromatic N) is 5. The standard InChI is InChI=1S/C20H29N5O2S/c1-14(2)12-16-13-28-19-17(16)18(21-15(3)22-19)23-4-6-24(7-5-23)20(26)25-8-10-27-11-9-25/h13-14H,4-12H2,1-3H3. The summed E-state index contributed by atoms with van der Waals surface area (Å²) in [6, 6.07) is 0.142. The van der Waals surface area contributed by atoms with Gasteiger partial charge in [0, 0.05) is 39.3 Å². The summed E-state index contributed by atoms with van der Waals surface area (Å²) in [6.07, 6.45) is 1.04. The summed E-state index contributed by atoms with van der Waals surface area (Å²) in [5.41, 5.74) is 1.34. The van der Waals surface area contributed by atoms with Gasteiger partial charge in [0.2, 0.25) is 0 Å². The molecule has 0 spiro atoms. The van der Waals surface area contributed by atoms with Crippen LogP contribution in [-0.4, -0.2) is 78.3 Å². The van der Waals surface area contributed by atoms with Gasteiger partial charge >= 0.3 is 6.03 Å². The zero-order valence-electron chi connectivity index (χ0n) is 17.0. The zero-order valence-corrected chi connectivity index (χ0v) is 17.8. The number of amides is 2. The first kappa shape index (κ1) is 19.4. The molecule has 4 rings (SSSR count). The van der Waals surface area contributed by atoms with E-state index < -0.39 is 0 Å². The highest BCUT2D eigenvalue weighted by Crippen LogP contribution is 2.34. The molecule has 0 unspecified atom stereocenters. The highest BCUT2D eigenvalue weighted by Gasteiger charge is 2.28. The van der Waals surface area contributed by atoms with Crippen LogP contribution >= 0.6 is 11.3 Å². The Balaban J connectivity index is 1.52. The molecule has 2 aromatic heterocycles. The minimum Gasteiger partial charge on any atom is -0.378 e.